The highest BCUT2D eigenvalue weighted by molar-refractivity contribution is 5.89. The molecule has 7 heteroatoms. The van der Waals surface area contributed by atoms with Gasteiger partial charge in [0.05, 0.1) is 7.11 Å². The van der Waals surface area contributed by atoms with Crippen molar-refractivity contribution in [2.75, 3.05) is 26.8 Å². The van der Waals surface area contributed by atoms with Crippen LogP contribution < -0.4 is 14.8 Å². The molecule has 2 amide bonds. The van der Waals surface area contributed by atoms with Gasteiger partial charge in [-0.1, -0.05) is 32.0 Å². The molecule has 1 fully saturated rings. The summed E-state index contributed by atoms with van der Waals surface area (Å²) >= 11 is 0. The molecule has 0 saturated carbocycles. The number of carbonyl (C=O) groups is 2. The minimum atomic E-state index is -0.569. The molecule has 2 N–H and O–H groups in total. The van der Waals surface area contributed by atoms with Crippen LogP contribution in [0.3, 0.4) is 0 Å². The van der Waals surface area contributed by atoms with E-state index in [-0.39, 0.29) is 24.3 Å². The summed E-state index contributed by atoms with van der Waals surface area (Å²) in [6.07, 6.45) is 3.84. The molecule has 1 aromatic heterocycles. The van der Waals surface area contributed by atoms with Crippen LogP contribution in [0.2, 0.25) is 0 Å². The third-order valence-electron chi connectivity index (χ3n) is 6.53. The van der Waals surface area contributed by atoms with Crippen LogP contribution >= 0.6 is 0 Å². The SMILES string of the molecule is COc1ccc2[nH]cc(C3CCN(C(=O)C(NC(=O)COc4ccccc4)C(C)C)CC3)c2c1. The molecule has 2 heterocycles. The number of nitrogens with one attached hydrogen (secondary N) is 2. The van der Waals surface area contributed by atoms with Crippen LogP contribution in [0.15, 0.2) is 54.7 Å². The molecule has 1 atom stereocenters. The van der Waals surface area contributed by atoms with Gasteiger partial charge in [0.25, 0.3) is 5.91 Å². The van der Waals surface area contributed by atoms with Gasteiger partial charge in [0.1, 0.15) is 17.5 Å². The van der Waals surface area contributed by atoms with Gasteiger partial charge in [-0.2, -0.15) is 0 Å². The van der Waals surface area contributed by atoms with E-state index in [9.17, 15) is 9.59 Å². The third kappa shape index (κ3) is 5.35. The Morgan fingerprint density at radius 3 is 2.50 bits per heavy atom. The molecule has 180 valence electrons. The topological polar surface area (TPSA) is 83.7 Å². The van der Waals surface area contributed by atoms with Crippen LogP contribution in [0.4, 0.5) is 0 Å². The Kier molecular flexibility index (Phi) is 7.40. The van der Waals surface area contributed by atoms with Gasteiger partial charge < -0.3 is 24.7 Å². The molecule has 0 bridgehead atoms. The number of ether oxygens (including phenoxy) is 2. The summed E-state index contributed by atoms with van der Waals surface area (Å²) in [6, 6.07) is 14.7. The van der Waals surface area contributed by atoms with E-state index in [0.717, 1.165) is 24.1 Å². The Labute approximate surface area is 200 Å². The first-order valence-electron chi connectivity index (χ1n) is 11.9. The van der Waals surface area contributed by atoms with Crippen molar-refractivity contribution in [1.29, 1.82) is 0 Å². The van der Waals surface area contributed by atoms with Crippen LogP contribution in [-0.4, -0.2) is 54.5 Å². The number of hydrogen-bond acceptors (Lipinski definition) is 4. The number of rotatable bonds is 8. The van der Waals surface area contributed by atoms with Crippen LogP contribution in [0, 0.1) is 5.92 Å². The van der Waals surface area contributed by atoms with E-state index in [4.69, 9.17) is 9.47 Å². The first-order chi connectivity index (χ1) is 16.5. The lowest BCUT2D eigenvalue weighted by Gasteiger charge is -2.35. The zero-order valence-electron chi connectivity index (χ0n) is 20.0. The number of fused-ring (bicyclic) bond motifs is 1. The maximum atomic E-state index is 13.3. The molecular weight excluding hydrogens is 430 g/mol. The Balaban J connectivity index is 1.35. The molecule has 0 radical (unpaired) electrons. The van der Waals surface area contributed by atoms with Crippen molar-refractivity contribution < 1.29 is 19.1 Å². The number of hydrogen-bond donors (Lipinski definition) is 2. The highest BCUT2D eigenvalue weighted by Gasteiger charge is 2.32. The maximum absolute atomic E-state index is 13.3. The largest absolute Gasteiger partial charge is 0.497 e. The van der Waals surface area contributed by atoms with Crippen molar-refractivity contribution in [3.8, 4) is 11.5 Å². The highest BCUT2D eigenvalue weighted by atomic mass is 16.5. The zero-order valence-corrected chi connectivity index (χ0v) is 20.0. The molecule has 0 spiro atoms. The minimum Gasteiger partial charge on any atom is -0.497 e. The summed E-state index contributed by atoms with van der Waals surface area (Å²) in [7, 11) is 1.68. The van der Waals surface area contributed by atoms with Crippen LogP contribution in [0.5, 0.6) is 11.5 Å². The quantitative estimate of drug-likeness (QED) is 0.527. The van der Waals surface area contributed by atoms with Gasteiger partial charge in [-0.15, -0.1) is 0 Å². The standard InChI is InChI=1S/C27H33N3O4/c1-18(2)26(29-25(31)17-34-20-7-5-4-6-8-20)27(32)30-13-11-19(12-14-30)23-16-28-24-10-9-21(33-3)15-22(23)24/h4-10,15-16,18-19,26,28H,11-14,17H2,1-3H3,(H,29,31). The average Bonchev–Trinajstić information content (AvgIpc) is 3.29. The highest BCUT2D eigenvalue weighted by Crippen LogP contribution is 2.35. The number of aromatic amines is 1. The Morgan fingerprint density at radius 2 is 1.82 bits per heavy atom. The van der Waals surface area contributed by atoms with Crippen LogP contribution in [0.25, 0.3) is 10.9 Å². The van der Waals surface area contributed by atoms with Crippen molar-refractivity contribution >= 4 is 22.7 Å². The number of piperidine rings is 1. The van der Waals surface area contributed by atoms with E-state index in [1.165, 1.54) is 10.9 Å². The fourth-order valence-corrected chi connectivity index (χ4v) is 4.59. The summed E-state index contributed by atoms with van der Waals surface area (Å²) in [5.41, 5.74) is 2.36. The molecule has 7 nitrogen and oxygen atoms in total. The summed E-state index contributed by atoms with van der Waals surface area (Å²) in [4.78, 5) is 31.0. The van der Waals surface area contributed by atoms with Crippen molar-refractivity contribution in [3.05, 3.63) is 60.3 Å². The van der Waals surface area contributed by atoms with Gasteiger partial charge in [-0.25, -0.2) is 0 Å². The minimum absolute atomic E-state index is 0.0213. The maximum Gasteiger partial charge on any atom is 0.258 e. The number of nitrogens with zero attached hydrogens (tertiary/aromatic N) is 1. The van der Waals surface area contributed by atoms with Gasteiger partial charge in [0.2, 0.25) is 5.91 Å². The van der Waals surface area contributed by atoms with Gasteiger partial charge >= 0.3 is 0 Å². The monoisotopic (exact) mass is 463 g/mol. The van der Waals surface area contributed by atoms with E-state index in [1.54, 1.807) is 19.2 Å². The molecule has 1 aliphatic heterocycles. The van der Waals surface area contributed by atoms with E-state index in [0.29, 0.717) is 24.8 Å². The summed E-state index contributed by atoms with van der Waals surface area (Å²) < 4.78 is 10.9. The Morgan fingerprint density at radius 1 is 1.09 bits per heavy atom. The number of amides is 2. The van der Waals surface area contributed by atoms with E-state index >= 15 is 0 Å². The van der Waals surface area contributed by atoms with Crippen LogP contribution in [0.1, 0.15) is 38.2 Å². The third-order valence-corrected chi connectivity index (χ3v) is 6.53. The lowest BCUT2D eigenvalue weighted by Crippen LogP contribution is -2.53. The van der Waals surface area contributed by atoms with E-state index in [2.05, 4.69) is 22.6 Å². The van der Waals surface area contributed by atoms with Crippen molar-refractivity contribution in [2.45, 2.75) is 38.6 Å². The van der Waals surface area contributed by atoms with E-state index < -0.39 is 6.04 Å². The Bertz CT molecular complexity index is 1120. The van der Waals surface area contributed by atoms with Crippen molar-refractivity contribution in [3.63, 3.8) is 0 Å². The molecule has 2 aromatic carbocycles. The number of likely N-dealkylation sites (tertiary alicyclic amines) is 1. The second-order valence-electron chi connectivity index (χ2n) is 9.15. The molecule has 0 aliphatic carbocycles. The molecule has 1 saturated heterocycles. The normalized spacial score (nSPS) is 15.4. The second-order valence-corrected chi connectivity index (χ2v) is 9.15. The molecular formula is C27H33N3O4. The molecule has 3 aromatic rings. The van der Waals surface area contributed by atoms with Crippen molar-refractivity contribution in [2.24, 2.45) is 5.92 Å². The van der Waals surface area contributed by atoms with Crippen LogP contribution in [-0.2, 0) is 9.59 Å². The van der Waals surface area contributed by atoms with Crippen molar-refractivity contribution in [1.82, 2.24) is 15.2 Å². The molecule has 1 aliphatic rings. The first kappa shape index (κ1) is 23.7. The number of carbonyl (C=O) groups excluding carboxylic acids is 2. The van der Waals surface area contributed by atoms with Gasteiger partial charge in [-0.05, 0) is 60.6 Å². The fourth-order valence-electron chi connectivity index (χ4n) is 4.59. The summed E-state index contributed by atoms with van der Waals surface area (Å²) in [6.45, 7) is 5.12. The fraction of sp³-hybridized carbons (Fsp3) is 0.407. The summed E-state index contributed by atoms with van der Waals surface area (Å²) in [5, 5.41) is 4.06. The number of para-hydroxylation sites is 1. The predicted octanol–water partition coefficient (Wildman–Crippen LogP) is 4.10. The molecule has 34 heavy (non-hydrogen) atoms. The number of H-pyrrole nitrogens is 1. The number of benzene rings is 2. The van der Waals surface area contributed by atoms with E-state index in [1.807, 2.05) is 49.1 Å². The predicted molar refractivity (Wildman–Crippen MR) is 132 cm³/mol. The average molecular weight is 464 g/mol. The molecule has 1 unspecified atom stereocenters. The lowest BCUT2D eigenvalue weighted by atomic mass is 9.88. The lowest BCUT2D eigenvalue weighted by molar-refractivity contribution is -0.139. The number of aromatic nitrogens is 1. The summed E-state index contributed by atoms with van der Waals surface area (Å²) in [5.74, 6) is 1.50. The Hall–Kier alpha value is -3.48. The van der Waals surface area contributed by atoms with Gasteiger partial charge in [-0.3, -0.25) is 9.59 Å². The van der Waals surface area contributed by atoms with Gasteiger partial charge in [0.15, 0.2) is 6.61 Å². The smallest absolute Gasteiger partial charge is 0.258 e. The second kappa shape index (κ2) is 10.6. The number of methoxy groups -OCH3 is 1. The first-order valence-corrected chi connectivity index (χ1v) is 11.9. The van der Waals surface area contributed by atoms with Gasteiger partial charge in [0, 0.05) is 30.2 Å². The molecule has 4 rings (SSSR count). The zero-order chi connectivity index (χ0) is 24.1.